The summed E-state index contributed by atoms with van der Waals surface area (Å²) in [4.78, 5) is 11.8. The Labute approximate surface area is 124 Å². The first-order chi connectivity index (χ1) is 9.47. The van der Waals surface area contributed by atoms with Crippen LogP contribution in [0.5, 0.6) is 0 Å². The Bertz CT molecular complexity index is 522. The van der Waals surface area contributed by atoms with E-state index in [1.54, 1.807) is 17.8 Å². The van der Waals surface area contributed by atoms with Crippen molar-refractivity contribution in [1.82, 2.24) is 9.78 Å². The van der Waals surface area contributed by atoms with E-state index in [1.165, 1.54) is 12.5 Å². The topological polar surface area (TPSA) is 44.1 Å². The van der Waals surface area contributed by atoms with Crippen LogP contribution in [-0.4, -0.2) is 21.9 Å². The Hall–Kier alpha value is -1.29. The second-order valence-electron chi connectivity index (χ2n) is 5.58. The van der Waals surface area contributed by atoms with Crippen molar-refractivity contribution >= 4 is 23.6 Å². The molecule has 0 spiro atoms. The van der Waals surface area contributed by atoms with Crippen molar-refractivity contribution in [3.05, 3.63) is 22.5 Å². The number of aryl methyl sites for hydroxylation is 2. The number of hydrogen-bond acceptors (Lipinski definition) is 3. The summed E-state index contributed by atoms with van der Waals surface area (Å²) in [6, 6.07) is 0. The van der Waals surface area contributed by atoms with Gasteiger partial charge in [-0.3, -0.25) is 4.68 Å². The third kappa shape index (κ3) is 3.63. The molecule has 0 bridgehead atoms. The molecule has 4 nitrogen and oxygen atoms in total. The average molecular weight is 297 g/mol. The van der Waals surface area contributed by atoms with Crippen LogP contribution in [0.4, 0.5) is 0 Å². The summed E-state index contributed by atoms with van der Waals surface area (Å²) in [7, 11) is 1.77. The van der Waals surface area contributed by atoms with E-state index in [4.69, 9.17) is 16.3 Å². The molecule has 1 aromatic heterocycles. The van der Waals surface area contributed by atoms with Crippen molar-refractivity contribution in [1.29, 1.82) is 0 Å². The molecule has 2 rings (SSSR count). The van der Waals surface area contributed by atoms with Gasteiger partial charge >= 0.3 is 5.97 Å². The number of halogens is 1. The predicted molar refractivity (Wildman–Crippen MR) is 79.5 cm³/mol. The van der Waals surface area contributed by atoms with Gasteiger partial charge in [-0.1, -0.05) is 24.9 Å². The molecule has 1 aliphatic rings. The summed E-state index contributed by atoms with van der Waals surface area (Å²) in [5.41, 5.74) is 1.57. The van der Waals surface area contributed by atoms with Crippen LogP contribution in [0.3, 0.4) is 0 Å². The monoisotopic (exact) mass is 296 g/mol. The van der Waals surface area contributed by atoms with Crippen molar-refractivity contribution in [2.24, 2.45) is 13.0 Å². The number of aromatic nitrogens is 2. The zero-order chi connectivity index (χ0) is 14.7. The second-order valence-corrected chi connectivity index (χ2v) is 5.94. The van der Waals surface area contributed by atoms with Crippen LogP contribution in [0.1, 0.15) is 43.9 Å². The molecular weight excluding hydrogens is 276 g/mol. The van der Waals surface area contributed by atoms with E-state index in [-0.39, 0.29) is 12.1 Å². The molecule has 0 aromatic carbocycles. The summed E-state index contributed by atoms with van der Waals surface area (Å²) in [5.74, 6) is 0.337. The first kappa shape index (κ1) is 15.1. The molecule has 20 heavy (non-hydrogen) atoms. The molecule has 0 radical (unpaired) electrons. The van der Waals surface area contributed by atoms with E-state index in [0.717, 1.165) is 30.5 Å². The van der Waals surface area contributed by atoms with Gasteiger partial charge in [-0.25, -0.2) is 4.79 Å². The molecule has 0 saturated heterocycles. The fraction of sp³-hybridized carbons (Fsp3) is 0.600. The molecule has 1 fully saturated rings. The lowest BCUT2D eigenvalue weighted by Gasteiger charge is -2.25. The van der Waals surface area contributed by atoms with E-state index < -0.39 is 0 Å². The van der Waals surface area contributed by atoms with Crippen LogP contribution < -0.4 is 0 Å². The number of esters is 1. The third-order valence-corrected chi connectivity index (χ3v) is 4.20. The van der Waals surface area contributed by atoms with Gasteiger partial charge < -0.3 is 4.74 Å². The highest BCUT2D eigenvalue weighted by atomic mass is 35.5. The lowest BCUT2D eigenvalue weighted by molar-refractivity contribution is -0.144. The van der Waals surface area contributed by atoms with Crippen LogP contribution in [0.15, 0.2) is 6.08 Å². The maximum atomic E-state index is 11.8. The molecular formula is C15H21ClN2O2. The predicted octanol–water partition coefficient (Wildman–Crippen LogP) is 3.52. The van der Waals surface area contributed by atoms with Crippen molar-refractivity contribution in [3.8, 4) is 0 Å². The quantitative estimate of drug-likeness (QED) is 0.633. The van der Waals surface area contributed by atoms with E-state index in [9.17, 15) is 4.79 Å². The van der Waals surface area contributed by atoms with Gasteiger partial charge in [-0.2, -0.15) is 5.10 Å². The van der Waals surface area contributed by atoms with Crippen LogP contribution >= 0.6 is 11.6 Å². The Morgan fingerprint density at radius 3 is 2.85 bits per heavy atom. The first-order valence-electron chi connectivity index (χ1n) is 7.05. The van der Waals surface area contributed by atoms with Gasteiger partial charge in [-0.05, 0) is 38.2 Å². The number of hydrogen-bond donors (Lipinski definition) is 0. The van der Waals surface area contributed by atoms with E-state index in [2.05, 4.69) is 12.0 Å². The minimum Gasteiger partial charge on any atom is -0.459 e. The van der Waals surface area contributed by atoms with E-state index >= 15 is 0 Å². The molecule has 0 amide bonds. The van der Waals surface area contributed by atoms with Crippen LogP contribution in [0.2, 0.25) is 5.15 Å². The molecule has 0 aliphatic heterocycles. The minimum absolute atomic E-state index is 0.0568. The van der Waals surface area contributed by atoms with Gasteiger partial charge in [0.2, 0.25) is 0 Å². The zero-order valence-electron chi connectivity index (χ0n) is 12.2. The molecule has 5 heteroatoms. The Balaban J connectivity index is 1.95. The van der Waals surface area contributed by atoms with Crippen LogP contribution in [-0.2, 0) is 16.6 Å². The third-order valence-electron chi connectivity index (χ3n) is 3.75. The number of carbonyl (C=O) groups excluding carboxylic acids is 1. The van der Waals surface area contributed by atoms with Gasteiger partial charge in [0, 0.05) is 18.7 Å². The Morgan fingerprint density at radius 1 is 1.50 bits per heavy atom. The summed E-state index contributed by atoms with van der Waals surface area (Å²) >= 11 is 6.11. The average Bonchev–Trinajstić information content (AvgIpc) is 2.61. The van der Waals surface area contributed by atoms with Gasteiger partial charge in [0.25, 0.3) is 0 Å². The van der Waals surface area contributed by atoms with E-state index in [1.807, 2.05) is 6.92 Å². The van der Waals surface area contributed by atoms with Gasteiger partial charge in [-0.15, -0.1) is 0 Å². The molecule has 1 saturated carbocycles. The molecule has 2 atom stereocenters. The van der Waals surface area contributed by atoms with Crippen molar-refractivity contribution < 1.29 is 9.53 Å². The lowest BCUT2D eigenvalue weighted by Crippen LogP contribution is -2.23. The zero-order valence-corrected chi connectivity index (χ0v) is 13.0. The van der Waals surface area contributed by atoms with Crippen molar-refractivity contribution in [2.45, 2.75) is 45.6 Å². The Kier molecular flexibility index (Phi) is 4.86. The number of rotatable bonds is 3. The largest absolute Gasteiger partial charge is 0.459 e. The lowest BCUT2D eigenvalue weighted by atomic mass is 9.89. The summed E-state index contributed by atoms with van der Waals surface area (Å²) in [5, 5.41) is 4.72. The van der Waals surface area contributed by atoms with Crippen molar-refractivity contribution in [2.75, 3.05) is 0 Å². The van der Waals surface area contributed by atoms with Crippen LogP contribution in [0, 0.1) is 12.8 Å². The van der Waals surface area contributed by atoms with E-state index in [0.29, 0.717) is 11.1 Å². The standard InChI is InChI=1S/C15H21ClN2O2/c1-10-5-4-6-12(9-10)20-14(19)8-7-13-11(2)17-18(3)15(13)16/h7-8,10,12H,4-6,9H2,1-3H3/b8-7+. The number of carbonyl (C=O) groups is 1. The summed E-state index contributed by atoms with van der Waals surface area (Å²) in [6.45, 7) is 4.06. The molecule has 110 valence electrons. The second kappa shape index (κ2) is 6.44. The highest BCUT2D eigenvalue weighted by molar-refractivity contribution is 6.31. The molecule has 1 aromatic rings. The number of nitrogens with zero attached hydrogens (tertiary/aromatic N) is 2. The van der Waals surface area contributed by atoms with Gasteiger partial charge in [0.05, 0.1) is 5.69 Å². The maximum Gasteiger partial charge on any atom is 0.331 e. The summed E-state index contributed by atoms with van der Waals surface area (Å²) < 4.78 is 7.06. The maximum absolute atomic E-state index is 11.8. The fourth-order valence-electron chi connectivity index (χ4n) is 2.68. The highest BCUT2D eigenvalue weighted by Crippen LogP contribution is 2.26. The normalized spacial score (nSPS) is 23.2. The fourth-order valence-corrected chi connectivity index (χ4v) is 2.91. The van der Waals surface area contributed by atoms with Gasteiger partial charge in [0.1, 0.15) is 11.3 Å². The molecule has 1 aliphatic carbocycles. The summed E-state index contributed by atoms with van der Waals surface area (Å²) in [6.07, 6.45) is 7.48. The number of ether oxygens (including phenoxy) is 1. The molecule has 1 heterocycles. The Morgan fingerprint density at radius 2 is 2.25 bits per heavy atom. The van der Waals surface area contributed by atoms with Crippen LogP contribution in [0.25, 0.3) is 6.08 Å². The molecule has 0 N–H and O–H groups in total. The smallest absolute Gasteiger partial charge is 0.331 e. The van der Waals surface area contributed by atoms with Crippen molar-refractivity contribution in [3.63, 3.8) is 0 Å². The highest BCUT2D eigenvalue weighted by Gasteiger charge is 2.21. The molecule has 2 unspecified atom stereocenters. The minimum atomic E-state index is -0.302. The van der Waals surface area contributed by atoms with Gasteiger partial charge in [0.15, 0.2) is 0 Å². The SMILES string of the molecule is Cc1nn(C)c(Cl)c1/C=C/C(=O)OC1CCCC(C)C1. The first-order valence-corrected chi connectivity index (χ1v) is 7.43.